The van der Waals surface area contributed by atoms with Crippen molar-refractivity contribution in [2.75, 3.05) is 16.8 Å². The van der Waals surface area contributed by atoms with Gasteiger partial charge < -0.3 is 14.6 Å². The number of anilines is 2. The molecule has 1 aliphatic heterocycles. The highest BCUT2D eigenvalue weighted by Crippen LogP contribution is 2.37. The van der Waals surface area contributed by atoms with E-state index in [4.69, 9.17) is 4.42 Å². The first kappa shape index (κ1) is 14.8. The first-order chi connectivity index (χ1) is 11.7. The Bertz CT molecular complexity index is 804. The zero-order valence-corrected chi connectivity index (χ0v) is 13.2. The number of hydrogen-bond acceptors (Lipinski definition) is 3. The highest BCUT2D eigenvalue weighted by atomic mass is 16.3. The molecule has 24 heavy (non-hydrogen) atoms. The Kier molecular flexibility index (Phi) is 3.69. The average Bonchev–Trinajstić information content (AvgIpc) is 3.14. The summed E-state index contributed by atoms with van der Waals surface area (Å²) in [6.45, 7) is 0.739. The van der Waals surface area contributed by atoms with Gasteiger partial charge in [-0.05, 0) is 49.1 Å². The highest BCUT2D eigenvalue weighted by molar-refractivity contribution is 6.03. The lowest BCUT2D eigenvalue weighted by Crippen LogP contribution is -2.30. The van der Waals surface area contributed by atoms with E-state index in [0.29, 0.717) is 5.69 Å². The van der Waals surface area contributed by atoms with Crippen LogP contribution in [-0.4, -0.2) is 18.4 Å². The van der Waals surface area contributed by atoms with Crippen LogP contribution in [0.25, 0.3) is 6.08 Å². The second kappa shape index (κ2) is 6.00. The van der Waals surface area contributed by atoms with Crippen molar-refractivity contribution < 1.29 is 14.0 Å². The minimum Gasteiger partial charge on any atom is -0.472 e. The molecule has 2 aliphatic rings. The number of furan rings is 1. The summed E-state index contributed by atoms with van der Waals surface area (Å²) in [5, 5.41) is 2.84. The number of hydrogen-bond donors (Lipinski definition) is 1. The molecule has 0 radical (unpaired) electrons. The molecule has 0 bridgehead atoms. The van der Waals surface area contributed by atoms with Crippen LogP contribution >= 0.6 is 0 Å². The van der Waals surface area contributed by atoms with Gasteiger partial charge in [-0.15, -0.1) is 0 Å². The summed E-state index contributed by atoms with van der Waals surface area (Å²) in [6.07, 6.45) is 9.16. The van der Waals surface area contributed by atoms with Crippen molar-refractivity contribution in [3.63, 3.8) is 0 Å². The van der Waals surface area contributed by atoms with Crippen LogP contribution in [0.2, 0.25) is 0 Å². The van der Waals surface area contributed by atoms with Gasteiger partial charge in [-0.2, -0.15) is 0 Å². The van der Waals surface area contributed by atoms with Crippen molar-refractivity contribution in [2.45, 2.75) is 19.3 Å². The summed E-state index contributed by atoms with van der Waals surface area (Å²) < 4.78 is 4.95. The van der Waals surface area contributed by atoms with Crippen molar-refractivity contribution in [1.29, 1.82) is 0 Å². The van der Waals surface area contributed by atoms with Crippen LogP contribution in [-0.2, 0) is 16.0 Å². The van der Waals surface area contributed by atoms with Crippen LogP contribution in [0.4, 0.5) is 11.4 Å². The maximum atomic E-state index is 12.4. The molecule has 0 atom stereocenters. The third kappa shape index (κ3) is 2.97. The van der Waals surface area contributed by atoms with Crippen LogP contribution in [0.15, 0.2) is 47.3 Å². The molecule has 0 unspecified atom stereocenters. The molecule has 5 nitrogen and oxygen atoms in total. The summed E-state index contributed by atoms with van der Waals surface area (Å²) >= 11 is 0. The van der Waals surface area contributed by atoms with Crippen molar-refractivity contribution in [3.8, 4) is 0 Å². The van der Waals surface area contributed by atoms with Gasteiger partial charge in [0.05, 0.1) is 12.5 Å². The van der Waals surface area contributed by atoms with E-state index in [-0.39, 0.29) is 17.7 Å². The largest absolute Gasteiger partial charge is 0.472 e. The van der Waals surface area contributed by atoms with Gasteiger partial charge in [0.25, 0.3) is 0 Å². The molecule has 122 valence electrons. The Morgan fingerprint density at radius 1 is 1.25 bits per heavy atom. The fourth-order valence-electron chi connectivity index (χ4n) is 2.96. The van der Waals surface area contributed by atoms with Crippen LogP contribution < -0.4 is 10.2 Å². The predicted octanol–water partition coefficient (Wildman–Crippen LogP) is 3.23. The Hall–Kier alpha value is -2.82. The summed E-state index contributed by atoms with van der Waals surface area (Å²) in [6, 6.07) is 7.55. The zero-order chi connectivity index (χ0) is 16.5. The minimum atomic E-state index is -0.214. The smallest absolute Gasteiger partial charge is 0.248 e. The molecule has 1 aromatic heterocycles. The molecule has 0 spiro atoms. The SMILES string of the molecule is O=C(C=Cc1ccoc1)Nc1ccc2c(c1)N(C(=O)C1CC1)CC2. The fraction of sp³-hybridized carbons (Fsp3) is 0.263. The fourth-order valence-corrected chi connectivity index (χ4v) is 2.96. The van der Waals surface area contributed by atoms with Gasteiger partial charge in [0.15, 0.2) is 0 Å². The molecule has 5 heteroatoms. The van der Waals surface area contributed by atoms with Gasteiger partial charge >= 0.3 is 0 Å². The summed E-state index contributed by atoms with van der Waals surface area (Å²) in [4.78, 5) is 26.3. The first-order valence-corrected chi connectivity index (χ1v) is 8.16. The molecule has 2 aromatic rings. The Labute approximate surface area is 139 Å². The average molecular weight is 322 g/mol. The molecule has 1 saturated carbocycles. The zero-order valence-electron chi connectivity index (χ0n) is 13.2. The van der Waals surface area contributed by atoms with E-state index in [1.54, 1.807) is 24.7 Å². The van der Waals surface area contributed by atoms with Gasteiger partial charge in [0, 0.05) is 35.5 Å². The molecular weight excluding hydrogens is 304 g/mol. The van der Waals surface area contributed by atoms with Gasteiger partial charge in [-0.3, -0.25) is 9.59 Å². The number of amides is 2. The lowest BCUT2D eigenvalue weighted by atomic mass is 10.1. The molecule has 2 heterocycles. The van der Waals surface area contributed by atoms with E-state index >= 15 is 0 Å². The summed E-state index contributed by atoms with van der Waals surface area (Å²) in [7, 11) is 0. The van der Waals surface area contributed by atoms with Crippen molar-refractivity contribution in [3.05, 3.63) is 54.0 Å². The summed E-state index contributed by atoms with van der Waals surface area (Å²) in [5.41, 5.74) is 3.63. The second-order valence-corrected chi connectivity index (χ2v) is 6.24. The van der Waals surface area contributed by atoms with Crippen molar-refractivity contribution >= 4 is 29.3 Å². The third-order valence-electron chi connectivity index (χ3n) is 4.41. The Balaban J connectivity index is 1.47. The van der Waals surface area contributed by atoms with Crippen LogP contribution in [0.5, 0.6) is 0 Å². The van der Waals surface area contributed by atoms with E-state index in [0.717, 1.165) is 42.6 Å². The number of carbonyl (C=O) groups excluding carboxylic acids is 2. The molecule has 1 fully saturated rings. The molecule has 2 amide bonds. The number of carbonyl (C=O) groups is 2. The van der Waals surface area contributed by atoms with E-state index < -0.39 is 0 Å². The standard InChI is InChI=1S/C19H18N2O3/c22-18(6-1-13-8-10-24-12-13)20-16-5-4-14-7-9-21(17(14)11-16)19(23)15-2-3-15/h1,4-6,8,10-12,15H,2-3,7,9H2,(H,20,22). The number of benzene rings is 1. The minimum absolute atomic E-state index is 0.201. The normalized spacial score (nSPS) is 16.4. The van der Waals surface area contributed by atoms with Crippen LogP contribution in [0, 0.1) is 5.92 Å². The van der Waals surface area contributed by atoms with E-state index in [1.807, 2.05) is 23.1 Å². The van der Waals surface area contributed by atoms with E-state index in [9.17, 15) is 9.59 Å². The van der Waals surface area contributed by atoms with E-state index in [1.165, 1.54) is 6.08 Å². The van der Waals surface area contributed by atoms with Crippen LogP contribution in [0.1, 0.15) is 24.0 Å². The lowest BCUT2D eigenvalue weighted by Gasteiger charge is -2.17. The van der Waals surface area contributed by atoms with Gasteiger partial charge in [-0.1, -0.05) is 6.07 Å². The highest BCUT2D eigenvalue weighted by Gasteiger charge is 2.36. The predicted molar refractivity (Wildman–Crippen MR) is 91.6 cm³/mol. The maximum Gasteiger partial charge on any atom is 0.248 e. The monoisotopic (exact) mass is 322 g/mol. The van der Waals surface area contributed by atoms with Crippen LogP contribution in [0.3, 0.4) is 0 Å². The maximum absolute atomic E-state index is 12.4. The van der Waals surface area contributed by atoms with E-state index in [2.05, 4.69) is 5.32 Å². The van der Waals surface area contributed by atoms with Gasteiger partial charge in [-0.25, -0.2) is 0 Å². The number of nitrogens with zero attached hydrogens (tertiary/aromatic N) is 1. The summed E-state index contributed by atoms with van der Waals surface area (Å²) in [5.74, 6) is 0.207. The van der Waals surface area contributed by atoms with Crippen molar-refractivity contribution in [2.24, 2.45) is 5.92 Å². The number of nitrogens with one attached hydrogen (secondary N) is 1. The molecule has 1 N–H and O–H groups in total. The van der Waals surface area contributed by atoms with Gasteiger partial charge in [0.1, 0.15) is 0 Å². The Morgan fingerprint density at radius 2 is 2.12 bits per heavy atom. The molecule has 0 saturated heterocycles. The quantitative estimate of drug-likeness (QED) is 0.879. The second-order valence-electron chi connectivity index (χ2n) is 6.24. The molecule has 4 rings (SSSR count). The number of rotatable bonds is 4. The van der Waals surface area contributed by atoms with Gasteiger partial charge in [0.2, 0.25) is 11.8 Å². The molecule has 1 aliphatic carbocycles. The lowest BCUT2D eigenvalue weighted by molar-refractivity contribution is -0.119. The topological polar surface area (TPSA) is 62.6 Å². The molecule has 1 aromatic carbocycles. The number of fused-ring (bicyclic) bond motifs is 1. The molecular formula is C19H18N2O3. The third-order valence-corrected chi connectivity index (χ3v) is 4.41. The first-order valence-electron chi connectivity index (χ1n) is 8.16. The Morgan fingerprint density at radius 3 is 2.88 bits per heavy atom. The van der Waals surface area contributed by atoms with Crippen molar-refractivity contribution in [1.82, 2.24) is 0 Å².